The van der Waals surface area contributed by atoms with Crippen molar-refractivity contribution in [3.05, 3.63) is 95.1 Å². The first-order valence-corrected chi connectivity index (χ1v) is 12.5. The maximum absolute atomic E-state index is 13.9. The molecule has 2 heterocycles. The molecule has 0 saturated carbocycles. The summed E-state index contributed by atoms with van der Waals surface area (Å²) in [6.07, 6.45) is 1.93. The Labute approximate surface area is 211 Å². The first kappa shape index (κ1) is 23.8. The molecule has 0 unspecified atom stereocenters. The predicted molar refractivity (Wildman–Crippen MR) is 141 cm³/mol. The topological polar surface area (TPSA) is 69.7 Å². The lowest BCUT2D eigenvalue weighted by atomic mass is 9.98. The van der Waals surface area contributed by atoms with Gasteiger partial charge in [0, 0.05) is 30.9 Å². The molecule has 0 radical (unpaired) electrons. The highest BCUT2D eigenvalue weighted by atomic mass is 16.2. The Morgan fingerprint density at radius 1 is 0.944 bits per heavy atom. The second-order valence-corrected chi connectivity index (χ2v) is 9.75. The highest BCUT2D eigenvalue weighted by Crippen LogP contribution is 2.31. The number of rotatable bonds is 5. The molecule has 2 atom stereocenters. The molecule has 0 bridgehead atoms. The third kappa shape index (κ3) is 4.63. The Kier molecular flexibility index (Phi) is 6.59. The quantitative estimate of drug-likeness (QED) is 0.584. The van der Waals surface area contributed by atoms with E-state index in [0.29, 0.717) is 13.1 Å². The largest absolute Gasteiger partial charge is 0.340 e. The van der Waals surface area contributed by atoms with Gasteiger partial charge in [0.1, 0.15) is 6.04 Å². The summed E-state index contributed by atoms with van der Waals surface area (Å²) in [6.45, 7) is 4.95. The van der Waals surface area contributed by atoms with Gasteiger partial charge in [-0.15, -0.1) is 0 Å². The van der Waals surface area contributed by atoms with E-state index in [-0.39, 0.29) is 24.1 Å². The van der Waals surface area contributed by atoms with E-state index in [4.69, 9.17) is 0 Å². The van der Waals surface area contributed by atoms with Gasteiger partial charge in [-0.1, -0.05) is 54.6 Å². The minimum atomic E-state index is -0.823. The van der Waals surface area contributed by atoms with Crippen molar-refractivity contribution in [2.75, 3.05) is 22.9 Å². The number of aryl methyl sites for hydroxylation is 3. The lowest BCUT2D eigenvalue weighted by Crippen LogP contribution is -2.46. The van der Waals surface area contributed by atoms with Gasteiger partial charge in [-0.3, -0.25) is 14.4 Å². The Morgan fingerprint density at radius 3 is 2.47 bits per heavy atom. The second kappa shape index (κ2) is 9.97. The lowest BCUT2D eigenvalue weighted by molar-refractivity contribution is -0.130. The molecule has 3 aromatic rings. The minimum Gasteiger partial charge on any atom is -0.340 e. The van der Waals surface area contributed by atoms with E-state index in [1.165, 1.54) is 0 Å². The summed E-state index contributed by atoms with van der Waals surface area (Å²) in [6, 6.07) is 22.4. The maximum Gasteiger partial charge on any atom is 0.254 e. The number of carbonyl (C=O) groups excluding carboxylic acids is 3. The third-order valence-corrected chi connectivity index (χ3v) is 7.34. The highest BCUT2D eigenvalue weighted by molar-refractivity contribution is 6.03. The molecule has 3 aromatic carbocycles. The van der Waals surface area contributed by atoms with E-state index in [0.717, 1.165) is 46.5 Å². The summed E-state index contributed by atoms with van der Waals surface area (Å²) < 4.78 is 0. The molecule has 2 aliphatic rings. The summed E-state index contributed by atoms with van der Waals surface area (Å²) in [5.41, 5.74) is 5.84. The fourth-order valence-corrected chi connectivity index (χ4v) is 5.14. The molecule has 184 valence electrons. The van der Waals surface area contributed by atoms with Gasteiger partial charge < -0.3 is 15.1 Å². The summed E-state index contributed by atoms with van der Waals surface area (Å²) in [5.74, 6) is -1.03. The normalized spacial score (nSPS) is 18.1. The van der Waals surface area contributed by atoms with Crippen molar-refractivity contribution in [1.82, 2.24) is 5.32 Å². The van der Waals surface area contributed by atoms with Crippen LogP contribution in [0, 0.1) is 19.8 Å². The fraction of sp³-hybridized carbons (Fsp3) is 0.300. The van der Waals surface area contributed by atoms with Crippen LogP contribution in [0.4, 0.5) is 11.4 Å². The smallest absolute Gasteiger partial charge is 0.254 e. The average Bonchev–Trinajstić information content (AvgIpc) is 3.30. The monoisotopic (exact) mass is 481 g/mol. The highest BCUT2D eigenvalue weighted by Gasteiger charge is 2.38. The summed E-state index contributed by atoms with van der Waals surface area (Å²) >= 11 is 0. The molecule has 1 N–H and O–H groups in total. The number of nitrogens with one attached hydrogen (secondary N) is 1. The molecule has 36 heavy (non-hydrogen) atoms. The van der Waals surface area contributed by atoms with Gasteiger partial charge in [0.25, 0.3) is 5.91 Å². The molecule has 3 amide bonds. The van der Waals surface area contributed by atoms with Gasteiger partial charge in [0.05, 0.1) is 5.92 Å². The van der Waals surface area contributed by atoms with Crippen LogP contribution in [0.3, 0.4) is 0 Å². The SMILES string of the molecule is Cc1ccc(N2C[C@@H](C(=O)N[C@H](C(=O)N3CCCc4ccccc43)c3ccccc3)CC2=O)cc1C. The zero-order chi connectivity index (χ0) is 25.2. The molecular formula is C30H31N3O3. The first-order valence-electron chi connectivity index (χ1n) is 12.5. The molecule has 6 heteroatoms. The number of anilines is 2. The van der Waals surface area contributed by atoms with Crippen LogP contribution < -0.4 is 15.1 Å². The number of hydrogen-bond donors (Lipinski definition) is 1. The minimum absolute atomic E-state index is 0.0778. The van der Waals surface area contributed by atoms with Crippen LogP contribution in [0.25, 0.3) is 0 Å². The molecular weight excluding hydrogens is 450 g/mol. The number of hydrogen-bond acceptors (Lipinski definition) is 3. The van der Waals surface area contributed by atoms with Gasteiger partial charge in [-0.2, -0.15) is 0 Å². The van der Waals surface area contributed by atoms with Gasteiger partial charge in [-0.25, -0.2) is 0 Å². The van der Waals surface area contributed by atoms with Crippen molar-refractivity contribution in [3.8, 4) is 0 Å². The van der Waals surface area contributed by atoms with E-state index in [2.05, 4.69) is 11.4 Å². The van der Waals surface area contributed by atoms with Gasteiger partial charge in [-0.05, 0) is 67.1 Å². The fourth-order valence-electron chi connectivity index (χ4n) is 5.14. The van der Waals surface area contributed by atoms with Crippen molar-refractivity contribution in [2.24, 2.45) is 5.92 Å². The van der Waals surface area contributed by atoms with Crippen LogP contribution in [-0.2, 0) is 20.8 Å². The predicted octanol–water partition coefficient (Wildman–Crippen LogP) is 4.49. The van der Waals surface area contributed by atoms with Crippen LogP contribution in [0.5, 0.6) is 0 Å². The Hall–Kier alpha value is -3.93. The van der Waals surface area contributed by atoms with E-state index in [9.17, 15) is 14.4 Å². The molecule has 6 nitrogen and oxygen atoms in total. The number of nitrogens with zero attached hydrogens (tertiary/aromatic N) is 2. The van der Waals surface area contributed by atoms with Gasteiger partial charge in [0.2, 0.25) is 11.8 Å². The van der Waals surface area contributed by atoms with Crippen molar-refractivity contribution >= 4 is 29.1 Å². The van der Waals surface area contributed by atoms with Crippen LogP contribution >= 0.6 is 0 Å². The summed E-state index contributed by atoms with van der Waals surface area (Å²) in [5, 5.41) is 3.01. The van der Waals surface area contributed by atoms with Crippen LogP contribution in [-0.4, -0.2) is 30.8 Å². The number of carbonyl (C=O) groups is 3. The van der Waals surface area contributed by atoms with Crippen LogP contribution in [0.2, 0.25) is 0 Å². The number of para-hydroxylation sites is 1. The van der Waals surface area contributed by atoms with E-state index in [1.807, 2.05) is 80.6 Å². The first-order chi connectivity index (χ1) is 17.4. The molecule has 0 spiro atoms. The van der Waals surface area contributed by atoms with Crippen molar-refractivity contribution in [2.45, 2.75) is 39.2 Å². The van der Waals surface area contributed by atoms with E-state index in [1.54, 1.807) is 9.80 Å². The second-order valence-electron chi connectivity index (χ2n) is 9.75. The Morgan fingerprint density at radius 2 is 1.69 bits per heavy atom. The van der Waals surface area contributed by atoms with Gasteiger partial charge in [0.15, 0.2) is 0 Å². The van der Waals surface area contributed by atoms with Gasteiger partial charge >= 0.3 is 0 Å². The Balaban J connectivity index is 1.37. The summed E-state index contributed by atoms with van der Waals surface area (Å²) in [4.78, 5) is 43.6. The standard InChI is InChI=1S/C30H31N3O3/c1-20-14-15-25(17-21(20)2)33-19-24(18-27(33)34)29(35)31-28(23-10-4-3-5-11-23)30(36)32-16-8-12-22-9-6-7-13-26(22)32/h3-7,9-11,13-15,17,24,28H,8,12,16,18-19H2,1-2H3,(H,31,35)/t24-,28-/m0/s1. The Bertz CT molecular complexity index is 1300. The van der Waals surface area contributed by atoms with Crippen LogP contribution in [0.15, 0.2) is 72.8 Å². The molecule has 1 saturated heterocycles. The zero-order valence-electron chi connectivity index (χ0n) is 20.7. The zero-order valence-corrected chi connectivity index (χ0v) is 20.7. The van der Waals surface area contributed by atoms with Crippen molar-refractivity contribution in [1.29, 1.82) is 0 Å². The van der Waals surface area contributed by atoms with Crippen molar-refractivity contribution < 1.29 is 14.4 Å². The number of fused-ring (bicyclic) bond motifs is 1. The number of benzene rings is 3. The molecule has 0 aliphatic carbocycles. The molecule has 0 aromatic heterocycles. The van der Waals surface area contributed by atoms with Crippen molar-refractivity contribution in [3.63, 3.8) is 0 Å². The van der Waals surface area contributed by atoms with E-state index < -0.39 is 12.0 Å². The summed E-state index contributed by atoms with van der Waals surface area (Å²) in [7, 11) is 0. The lowest BCUT2D eigenvalue weighted by Gasteiger charge is -2.33. The number of amides is 3. The average molecular weight is 482 g/mol. The molecule has 2 aliphatic heterocycles. The van der Waals surface area contributed by atoms with Crippen LogP contribution in [0.1, 0.15) is 41.1 Å². The molecule has 1 fully saturated rings. The third-order valence-electron chi connectivity index (χ3n) is 7.34. The van der Waals surface area contributed by atoms with E-state index >= 15 is 0 Å². The maximum atomic E-state index is 13.9. The molecule has 5 rings (SSSR count).